The van der Waals surface area contributed by atoms with E-state index >= 15 is 0 Å². The van der Waals surface area contributed by atoms with Crippen molar-refractivity contribution < 1.29 is 9.53 Å². The monoisotopic (exact) mass is 345 g/mol. The highest BCUT2D eigenvalue weighted by atomic mass is 79.9. The summed E-state index contributed by atoms with van der Waals surface area (Å²) in [6.45, 7) is 1.86. The van der Waals surface area contributed by atoms with E-state index in [2.05, 4.69) is 21.2 Å². The van der Waals surface area contributed by atoms with Crippen molar-refractivity contribution in [1.29, 1.82) is 0 Å². The van der Waals surface area contributed by atoms with Crippen molar-refractivity contribution in [2.24, 2.45) is 0 Å². The Balaban J connectivity index is 2.06. The molecule has 0 atom stereocenters. The van der Waals surface area contributed by atoms with Crippen LogP contribution in [0.15, 0.2) is 64.8 Å². The highest BCUT2D eigenvalue weighted by Crippen LogP contribution is 2.16. The van der Waals surface area contributed by atoms with Crippen molar-refractivity contribution >= 4 is 27.4 Å². The van der Waals surface area contributed by atoms with Gasteiger partial charge in [-0.15, -0.1) is 0 Å². The number of allylic oxidation sites excluding steroid dienone is 2. The summed E-state index contributed by atoms with van der Waals surface area (Å²) in [7, 11) is 1.60. The molecule has 0 fully saturated rings. The van der Waals surface area contributed by atoms with Crippen molar-refractivity contribution in [3.8, 4) is 5.75 Å². The maximum Gasteiger partial charge on any atom is 0.187 e. The Bertz CT molecular complexity index is 645. The number of halogens is 1. The van der Waals surface area contributed by atoms with E-state index in [-0.39, 0.29) is 5.78 Å². The van der Waals surface area contributed by atoms with E-state index in [1.807, 2.05) is 31.2 Å². The van der Waals surface area contributed by atoms with Crippen LogP contribution in [0.4, 0.5) is 5.69 Å². The number of carbonyl (C=O) groups is 1. The number of hydrogen-bond acceptors (Lipinski definition) is 3. The molecule has 0 amide bonds. The number of anilines is 1. The third-order valence-electron chi connectivity index (χ3n) is 2.91. The van der Waals surface area contributed by atoms with Crippen LogP contribution in [0.2, 0.25) is 0 Å². The highest BCUT2D eigenvalue weighted by Gasteiger charge is 2.04. The zero-order chi connectivity index (χ0) is 15.2. The lowest BCUT2D eigenvalue weighted by Gasteiger charge is -2.06. The number of carbonyl (C=O) groups excluding carboxylic acids is 1. The van der Waals surface area contributed by atoms with Gasteiger partial charge in [-0.25, -0.2) is 0 Å². The molecule has 0 aliphatic heterocycles. The third-order valence-corrected chi connectivity index (χ3v) is 3.44. The van der Waals surface area contributed by atoms with Crippen LogP contribution in [-0.4, -0.2) is 12.9 Å². The molecule has 0 saturated heterocycles. The van der Waals surface area contributed by atoms with Gasteiger partial charge in [-0.05, 0) is 55.5 Å². The molecule has 108 valence electrons. The molecule has 0 radical (unpaired) electrons. The second-order valence-electron chi connectivity index (χ2n) is 4.55. The second-order valence-corrected chi connectivity index (χ2v) is 5.47. The standard InChI is InChI=1S/C17H16BrNO2/c1-12(19-15-7-5-14(18)6-8-15)11-17(20)13-3-9-16(21-2)10-4-13/h3-11,19H,1-2H3. The minimum absolute atomic E-state index is 0.0419. The summed E-state index contributed by atoms with van der Waals surface area (Å²) in [5, 5.41) is 3.19. The number of hydrogen-bond donors (Lipinski definition) is 1. The lowest BCUT2D eigenvalue weighted by Crippen LogP contribution is -2.01. The van der Waals surface area contributed by atoms with E-state index in [1.165, 1.54) is 0 Å². The largest absolute Gasteiger partial charge is 0.497 e. The lowest BCUT2D eigenvalue weighted by atomic mass is 10.1. The molecule has 0 bridgehead atoms. The molecular formula is C17H16BrNO2. The Labute approximate surface area is 132 Å². The maximum absolute atomic E-state index is 12.1. The van der Waals surface area contributed by atoms with E-state index in [4.69, 9.17) is 4.74 Å². The molecule has 0 aromatic heterocycles. The highest BCUT2D eigenvalue weighted by molar-refractivity contribution is 9.10. The van der Waals surface area contributed by atoms with Gasteiger partial charge in [-0.2, -0.15) is 0 Å². The van der Waals surface area contributed by atoms with Crippen molar-refractivity contribution in [3.05, 3.63) is 70.3 Å². The Hall–Kier alpha value is -2.07. The fraction of sp³-hybridized carbons (Fsp3) is 0.118. The smallest absolute Gasteiger partial charge is 0.187 e. The van der Waals surface area contributed by atoms with Crippen LogP contribution in [0.3, 0.4) is 0 Å². The zero-order valence-electron chi connectivity index (χ0n) is 11.9. The number of nitrogens with one attached hydrogen (secondary N) is 1. The number of methoxy groups -OCH3 is 1. The summed E-state index contributed by atoms with van der Waals surface area (Å²) < 4.78 is 6.09. The average Bonchev–Trinajstić information content (AvgIpc) is 2.49. The van der Waals surface area contributed by atoms with Crippen LogP contribution in [0.5, 0.6) is 5.75 Å². The third kappa shape index (κ3) is 4.46. The van der Waals surface area contributed by atoms with E-state index in [0.717, 1.165) is 21.6 Å². The number of rotatable bonds is 5. The average molecular weight is 346 g/mol. The van der Waals surface area contributed by atoms with Gasteiger partial charge in [0.2, 0.25) is 0 Å². The van der Waals surface area contributed by atoms with Gasteiger partial charge < -0.3 is 10.1 Å². The van der Waals surface area contributed by atoms with E-state index in [9.17, 15) is 4.79 Å². The second kappa shape index (κ2) is 7.09. The maximum atomic E-state index is 12.1. The summed E-state index contributed by atoms with van der Waals surface area (Å²) in [6.07, 6.45) is 1.59. The quantitative estimate of drug-likeness (QED) is 0.632. The van der Waals surface area contributed by atoms with Crippen molar-refractivity contribution in [2.45, 2.75) is 6.92 Å². The Morgan fingerprint density at radius 3 is 2.29 bits per heavy atom. The lowest BCUT2D eigenvalue weighted by molar-refractivity contribution is 0.104. The zero-order valence-corrected chi connectivity index (χ0v) is 13.5. The van der Waals surface area contributed by atoms with E-state index in [0.29, 0.717) is 5.56 Å². The minimum Gasteiger partial charge on any atom is -0.497 e. The molecule has 3 nitrogen and oxygen atoms in total. The van der Waals surface area contributed by atoms with Crippen LogP contribution in [0.25, 0.3) is 0 Å². The van der Waals surface area contributed by atoms with E-state index in [1.54, 1.807) is 37.5 Å². The first-order chi connectivity index (χ1) is 10.1. The molecule has 0 unspecified atom stereocenters. The van der Waals surface area contributed by atoms with Gasteiger partial charge in [0.05, 0.1) is 7.11 Å². The molecule has 0 saturated carbocycles. The molecule has 4 heteroatoms. The van der Waals surface area contributed by atoms with Crippen molar-refractivity contribution in [2.75, 3.05) is 12.4 Å². The van der Waals surface area contributed by atoms with Crippen molar-refractivity contribution in [1.82, 2.24) is 0 Å². The number of ether oxygens (including phenoxy) is 1. The topological polar surface area (TPSA) is 38.3 Å². The molecule has 0 heterocycles. The first kappa shape index (κ1) is 15.3. The van der Waals surface area contributed by atoms with Crippen LogP contribution in [0.1, 0.15) is 17.3 Å². The molecule has 0 aliphatic carbocycles. The Morgan fingerprint density at radius 1 is 1.10 bits per heavy atom. The predicted molar refractivity (Wildman–Crippen MR) is 88.8 cm³/mol. The van der Waals surface area contributed by atoms with Crippen LogP contribution in [-0.2, 0) is 0 Å². The summed E-state index contributed by atoms with van der Waals surface area (Å²) in [5.74, 6) is 0.694. The van der Waals surface area contributed by atoms with Crippen LogP contribution < -0.4 is 10.1 Å². The number of benzene rings is 2. The van der Waals surface area contributed by atoms with Gasteiger partial charge >= 0.3 is 0 Å². The first-order valence-electron chi connectivity index (χ1n) is 6.48. The summed E-state index contributed by atoms with van der Waals surface area (Å²) in [4.78, 5) is 12.1. The van der Waals surface area contributed by atoms with Crippen LogP contribution >= 0.6 is 15.9 Å². The number of ketones is 1. The summed E-state index contributed by atoms with van der Waals surface area (Å²) >= 11 is 3.39. The molecular weight excluding hydrogens is 330 g/mol. The summed E-state index contributed by atoms with van der Waals surface area (Å²) in [5.41, 5.74) is 2.36. The fourth-order valence-corrected chi connectivity index (χ4v) is 2.10. The molecule has 2 aromatic rings. The van der Waals surface area contributed by atoms with Gasteiger partial charge in [-0.1, -0.05) is 15.9 Å². The Kier molecular flexibility index (Phi) is 5.17. The van der Waals surface area contributed by atoms with Crippen molar-refractivity contribution in [3.63, 3.8) is 0 Å². The minimum atomic E-state index is -0.0419. The summed E-state index contributed by atoms with van der Waals surface area (Å²) in [6, 6.07) is 14.8. The normalized spacial score (nSPS) is 11.1. The van der Waals surface area contributed by atoms with Gasteiger partial charge in [0.25, 0.3) is 0 Å². The molecule has 1 N–H and O–H groups in total. The van der Waals surface area contributed by atoms with Gasteiger partial charge in [-0.3, -0.25) is 4.79 Å². The van der Waals surface area contributed by atoms with Gasteiger partial charge in [0, 0.05) is 27.5 Å². The Morgan fingerprint density at radius 2 is 1.71 bits per heavy atom. The molecule has 2 aromatic carbocycles. The van der Waals surface area contributed by atoms with Crippen LogP contribution in [0, 0.1) is 0 Å². The van der Waals surface area contributed by atoms with E-state index < -0.39 is 0 Å². The molecule has 2 rings (SSSR count). The molecule has 21 heavy (non-hydrogen) atoms. The fourth-order valence-electron chi connectivity index (χ4n) is 1.83. The first-order valence-corrected chi connectivity index (χ1v) is 7.27. The molecule has 0 spiro atoms. The predicted octanol–water partition coefficient (Wildman–Crippen LogP) is 4.66. The van der Waals surface area contributed by atoms with Gasteiger partial charge in [0.1, 0.15) is 5.75 Å². The van der Waals surface area contributed by atoms with Gasteiger partial charge in [0.15, 0.2) is 5.78 Å². The SMILES string of the molecule is COc1ccc(C(=O)C=C(C)Nc2ccc(Br)cc2)cc1. The molecule has 0 aliphatic rings.